The number of nitrogens with one attached hydrogen (secondary N) is 1. The summed E-state index contributed by atoms with van der Waals surface area (Å²) in [5.41, 5.74) is 2.89. The van der Waals surface area contributed by atoms with E-state index >= 15 is 0 Å². The number of rotatable bonds is 3. The fourth-order valence-electron chi connectivity index (χ4n) is 2.85. The van der Waals surface area contributed by atoms with Crippen LogP contribution in [0.1, 0.15) is 38.8 Å². The first-order chi connectivity index (χ1) is 12.2. The number of aryl methyl sites for hydroxylation is 1. The number of halogens is 2. The Hall–Kier alpha value is -2.37. The van der Waals surface area contributed by atoms with E-state index < -0.39 is 23.8 Å². The molecule has 7 heteroatoms. The van der Waals surface area contributed by atoms with Crippen LogP contribution >= 0.6 is 23.2 Å². The van der Waals surface area contributed by atoms with E-state index in [4.69, 9.17) is 23.2 Å². The number of amides is 3. The van der Waals surface area contributed by atoms with Gasteiger partial charge in [-0.25, -0.2) is 0 Å². The largest absolute Gasteiger partial charge is 0.324 e. The molecule has 2 aromatic carbocycles. The number of imide groups is 1. The smallest absolute Gasteiger partial charge is 0.262 e. The van der Waals surface area contributed by atoms with Crippen molar-refractivity contribution in [2.24, 2.45) is 0 Å². The minimum atomic E-state index is -0.986. The Balaban J connectivity index is 1.87. The minimum absolute atomic E-state index is 0.149. The Labute approximate surface area is 160 Å². The minimum Gasteiger partial charge on any atom is -0.324 e. The second-order valence-electron chi connectivity index (χ2n) is 6.20. The summed E-state index contributed by atoms with van der Waals surface area (Å²) in [7, 11) is 0. The topological polar surface area (TPSA) is 66.5 Å². The summed E-state index contributed by atoms with van der Waals surface area (Å²) in [5.74, 6) is -1.58. The van der Waals surface area contributed by atoms with Crippen LogP contribution in [0.25, 0.3) is 0 Å². The van der Waals surface area contributed by atoms with Crippen molar-refractivity contribution in [1.29, 1.82) is 0 Å². The highest BCUT2D eigenvalue weighted by Gasteiger charge is 2.41. The number of fused-ring (bicyclic) bond motifs is 1. The summed E-state index contributed by atoms with van der Waals surface area (Å²) < 4.78 is 0. The number of carbonyl (C=O) groups excluding carboxylic acids is 3. The summed E-state index contributed by atoms with van der Waals surface area (Å²) in [6, 6.07) is 7.26. The summed E-state index contributed by atoms with van der Waals surface area (Å²) in [6.07, 6.45) is 0. The first-order valence-corrected chi connectivity index (χ1v) is 8.72. The number of hydrogen-bond donors (Lipinski definition) is 1. The molecule has 26 heavy (non-hydrogen) atoms. The molecule has 1 heterocycles. The summed E-state index contributed by atoms with van der Waals surface area (Å²) >= 11 is 11.9. The third-order valence-electron chi connectivity index (χ3n) is 4.59. The van der Waals surface area contributed by atoms with Gasteiger partial charge in [-0.1, -0.05) is 35.3 Å². The molecule has 3 amide bonds. The Kier molecular flexibility index (Phi) is 4.78. The maximum Gasteiger partial charge on any atom is 0.262 e. The number of carbonyl (C=O) groups is 3. The molecule has 3 rings (SSSR count). The van der Waals surface area contributed by atoms with Crippen LogP contribution in [0.5, 0.6) is 0 Å². The highest BCUT2D eigenvalue weighted by molar-refractivity contribution is 6.43. The van der Waals surface area contributed by atoms with E-state index in [1.54, 1.807) is 6.07 Å². The van der Waals surface area contributed by atoms with Crippen LogP contribution in [0, 0.1) is 13.8 Å². The number of hydrogen-bond acceptors (Lipinski definition) is 3. The quantitative estimate of drug-likeness (QED) is 0.797. The lowest BCUT2D eigenvalue weighted by molar-refractivity contribution is -0.119. The second-order valence-corrected chi connectivity index (χ2v) is 7.02. The van der Waals surface area contributed by atoms with E-state index in [2.05, 4.69) is 5.32 Å². The molecule has 0 saturated heterocycles. The molecule has 2 aromatic rings. The van der Waals surface area contributed by atoms with E-state index in [0.717, 1.165) is 16.0 Å². The van der Waals surface area contributed by atoms with E-state index in [0.29, 0.717) is 5.69 Å². The third kappa shape index (κ3) is 2.97. The fraction of sp³-hybridized carbons (Fsp3) is 0.211. The molecule has 0 aromatic heterocycles. The van der Waals surface area contributed by atoms with E-state index in [1.807, 2.05) is 26.0 Å². The van der Waals surface area contributed by atoms with Crippen molar-refractivity contribution in [3.63, 3.8) is 0 Å². The molecule has 0 saturated carbocycles. The molecule has 1 aliphatic rings. The zero-order chi connectivity index (χ0) is 19.2. The number of anilines is 1. The van der Waals surface area contributed by atoms with Gasteiger partial charge in [0.25, 0.3) is 11.8 Å². The molecule has 1 N–H and O–H groups in total. The molecular formula is C19H16Cl2N2O3. The van der Waals surface area contributed by atoms with Crippen molar-refractivity contribution in [1.82, 2.24) is 4.90 Å². The van der Waals surface area contributed by atoms with Gasteiger partial charge < -0.3 is 5.32 Å². The van der Waals surface area contributed by atoms with Gasteiger partial charge in [0.05, 0.1) is 21.2 Å². The van der Waals surface area contributed by atoms with Crippen molar-refractivity contribution in [3.8, 4) is 0 Å². The molecule has 0 fully saturated rings. The van der Waals surface area contributed by atoms with Crippen LogP contribution < -0.4 is 5.32 Å². The predicted molar refractivity (Wildman–Crippen MR) is 101 cm³/mol. The molecule has 1 aliphatic heterocycles. The average molecular weight is 391 g/mol. The van der Waals surface area contributed by atoms with E-state index in [1.165, 1.54) is 19.1 Å². The van der Waals surface area contributed by atoms with Gasteiger partial charge >= 0.3 is 0 Å². The van der Waals surface area contributed by atoms with Crippen LogP contribution in [0.3, 0.4) is 0 Å². The molecule has 0 spiro atoms. The molecule has 1 atom stereocenters. The standard InChI is InChI=1S/C19H16Cl2N2O3/c1-9-5-4-6-16(10(9)2)22-17(24)11(3)23-18(25)12-7-14(20)15(21)8-13(12)19(23)26/h4-8,11H,1-3H3,(H,22,24)/t11-/m0/s1. The van der Waals surface area contributed by atoms with Crippen molar-refractivity contribution < 1.29 is 14.4 Å². The Morgan fingerprint density at radius 1 is 1.04 bits per heavy atom. The Morgan fingerprint density at radius 2 is 1.58 bits per heavy atom. The molecule has 0 bridgehead atoms. The maximum absolute atomic E-state index is 12.6. The fourth-order valence-corrected chi connectivity index (χ4v) is 3.17. The second kappa shape index (κ2) is 6.74. The first-order valence-electron chi connectivity index (χ1n) is 7.96. The maximum atomic E-state index is 12.6. The summed E-state index contributed by atoms with van der Waals surface area (Å²) in [6.45, 7) is 5.33. The number of nitrogens with zero attached hydrogens (tertiary/aromatic N) is 1. The van der Waals surface area contributed by atoms with Gasteiger partial charge in [-0.2, -0.15) is 0 Å². The zero-order valence-corrected chi connectivity index (χ0v) is 15.9. The Morgan fingerprint density at radius 3 is 2.12 bits per heavy atom. The average Bonchev–Trinajstić information content (AvgIpc) is 2.82. The van der Waals surface area contributed by atoms with Gasteiger partial charge in [0, 0.05) is 5.69 Å². The molecule has 0 unspecified atom stereocenters. The van der Waals surface area contributed by atoms with Crippen LogP contribution in [0.2, 0.25) is 10.0 Å². The predicted octanol–water partition coefficient (Wildman–Crippen LogP) is 4.23. The van der Waals surface area contributed by atoms with Crippen LogP contribution in [-0.2, 0) is 4.79 Å². The van der Waals surface area contributed by atoms with Crippen LogP contribution in [0.15, 0.2) is 30.3 Å². The monoisotopic (exact) mass is 390 g/mol. The highest BCUT2D eigenvalue weighted by atomic mass is 35.5. The van der Waals surface area contributed by atoms with Crippen molar-refractivity contribution in [3.05, 3.63) is 62.6 Å². The van der Waals surface area contributed by atoms with Crippen LogP contribution in [-0.4, -0.2) is 28.7 Å². The van der Waals surface area contributed by atoms with Crippen molar-refractivity contribution in [2.45, 2.75) is 26.8 Å². The molecule has 134 valence electrons. The van der Waals surface area contributed by atoms with Gasteiger partial charge in [0.1, 0.15) is 6.04 Å². The van der Waals surface area contributed by atoms with Gasteiger partial charge in [-0.15, -0.1) is 0 Å². The first kappa shape index (κ1) is 18.4. The lowest BCUT2D eigenvalue weighted by atomic mass is 10.1. The third-order valence-corrected chi connectivity index (χ3v) is 5.31. The summed E-state index contributed by atoms with van der Waals surface area (Å²) in [5, 5.41) is 3.14. The Bertz CT molecular complexity index is 915. The van der Waals surface area contributed by atoms with Gasteiger partial charge in [0.15, 0.2) is 0 Å². The van der Waals surface area contributed by atoms with E-state index in [-0.39, 0.29) is 21.2 Å². The normalized spacial score (nSPS) is 14.4. The lowest BCUT2D eigenvalue weighted by Crippen LogP contribution is -2.45. The SMILES string of the molecule is Cc1cccc(NC(=O)[C@H](C)N2C(=O)c3cc(Cl)c(Cl)cc3C2=O)c1C. The molecule has 0 aliphatic carbocycles. The van der Waals surface area contributed by atoms with Gasteiger partial charge in [-0.3, -0.25) is 19.3 Å². The highest BCUT2D eigenvalue weighted by Crippen LogP contribution is 2.32. The van der Waals surface area contributed by atoms with Crippen molar-refractivity contribution >= 4 is 46.6 Å². The van der Waals surface area contributed by atoms with E-state index in [9.17, 15) is 14.4 Å². The van der Waals surface area contributed by atoms with Crippen LogP contribution in [0.4, 0.5) is 5.69 Å². The number of benzene rings is 2. The zero-order valence-electron chi connectivity index (χ0n) is 14.4. The molecular weight excluding hydrogens is 375 g/mol. The molecule has 5 nitrogen and oxygen atoms in total. The summed E-state index contributed by atoms with van der Waals surface area (Å²) in [4.78, 5) is 38.8. The van der Waals surface area contributed by atoms with Gasteiger partial charge in [0.2, 0.25) is 5.91 Å². The van der Waals surface area contributed by atoms with Gasteiger partial charge in [-0.05, 0) is 50.1 Å². The lowest BCUT2D eigenvalue weighted by Gasteiger charge is -2.22. The molecule has 0 radical (unpaired) electrons. The van der Waals surface area contributed by atoms with Crippen molar-refractivity contribution in [2.75, 3.05) is 5.32 Å².